The molecule has 0 aliphatic heterocycles. The quantitative estimate of drug-likeness (QED) is 0.636. The highest BCUT2D eigenvalue weighted by molar-refractivity contribution is 7.86. The van der Waals surface area contributed by atoms with Crippen LogP contribution in [0.15, 0.2) is 47.4 Å². The summed E-state index contributed by atoms with van der Waals surface area (Å²) in [4.78, 5) is 33.3. The second-order valence-electron chi connectivity index (χ2n) is 4.50. The molecule has 0 aliphatic carbocycles. The van der Waals surface area contributed by atoms with Crippen molar-refractivity contribution in [1.29, 1.82) is 0 Å². The van der Waals surface area contributed by atoms with Crippen molar-refractivity contribution in [2.24, 2.45) is 0 Å². The second-order valence-corrected chi connectivity index (χ2v) is 5.89. The van der Waals surface area contributed by atoms with Crippen molar-refractivity contribution < 1.29 is 27.4 Å². The van der Waals surface area contributed by atoms with Crippen LogP contribution < -0.4 is 5.32 Å². The van der Waals surface area contributed by atoms with Crippen LogP contribution in [0.1, 0.15) is 31.1 Å². The van der Waals surface area contributed by atoms with Gasteiger partial charge in [-0.05, 0) is 24.3 Å². The normalized spacial score (nSPS) is 10.8. The molecule has 0 atom stereocenters. The number of carbonyl (C=O) groups excluding carboxylic acids is 3. The van der Waals surface area contributed by atoms with Gasteiger partial charge in [0.2, 0.25) is 0 Å². The summed E-state index contributed by atoms with van der Waals surface area (Å²) in [5.74, 6) is -0.632. The van der Waals surface area contributed by atoms with Crippen molar-refractivity contribution in [3.8, 4) is 0 Å². The Hall–Kier alpha value is -2.84. The van der Waals surface area contributed by atoms with Crippen LogP contribution in [0.2, 0.25) is 0 Å². The Balaban J connectivity index is 2.39. The zero-order valence-electron chi connectivity index (χ0n) is 11.6. The number of hydrogen-bond acceptors (Lipinski definition) is 5. The fourth-order valence-corrected chi connectivity index (χ4v) is 2.63. The monoisotopic (exact) mass is 333 g/mol. The summed E-state index contributed by atoms with van der Waals surface area (Å²) in [5.41, 5.74) is 0.0904. The molecule has 2 aromatic carbocycles. The molecule has 0 radical (unpaired) electrons. The van der Waals surface area contributed by atoms with Gasteiger partial charge in [0.05, 0.1) is 5.56 Å². The molecule has 2 rings (SSSR count). The van der Waals surface area contributed by atoms with Crippen LogP contribution in [0, 0.1) is 0 Å². The third-order valence-corrected chi connectivity index (χ3v) is 3.92. The Morgan fingerprint density at radius 3 is 2.26 bits per heavy atom. The highest BCUT2D eigenvalue weighted by atomic mass is 32.2. The molecule has 0 aliphatic rings. The van der Waals surface area contributed by atoms with E-state index in [0.29, 0.717) is 6.29 Å². The maximum absolute atomic E-state index is 12.2. The van der Waals surface area contributed by atoms with E-state index < -0.39 is 20.9 Å². The molecule has 1 amide bonds. The summed E-state index contributed by atoms with van der Waals surface area (Å²) in [5, 5.41) is 2.41. The Morgan fingerprint density at radius 1 is 1.00 bits per heavy atom. The minimum atomic E-state index is -4.62. The maximum Gasteiger partial charge on any atom is 0.295 e. The molecule has 0 bridgehead atoms. The Labute approximate surface area is 131 Å². The lowest BCUT2D eigenvalue weighted by Crippen LogP contribution is -2.15. The molecular weight excluding hydrogens is 322 g/mol. The van der Waals surface area contributed by atoms with Gasteiger partial charge in [0.15, 0.2) is 12.6 Å². The van der Waals surface area contributed by atoms with Gasteiger partial charge in [-0.2, -0.15) is 8.42 Å². The van der Waals surface area contributed by atoms with Crippen LogP contribution >= 0.6 is 0 Å². The molecule has 118 valence electrons. The van der Waals surface area contributed by atoms with E-state index in [4.69, 9.17) is 4.55 Å². The van der Waals surface area contributed by atoms with E-state index in [1.54, 1.807) is 12.1 Å². The highest BCUT2D eigenvalue weighted by Gasteiger charge is 2.17. The minimum Gasteiger partial charge on any atom is -0.322 e. The molecule has 0 saturated heterocycles. The van der Waals surface area contributed by atoms with Crippen LogP contribution in [-0.2, 0) is 10.1 Å². The van der Waals surface area contributed by atoms with Gasteiger partial charge in [-0.25, -0.2) is 0 Å². The Morgan fingerprint density at radius 2 is 1.65 bits per heavy atom. The molecule has 7 nitrogen and oxygen atoms in total. The molecule has 0 unspecified atom stereocenters. The third-order valence-electron chi connectivity index (χ3n) is 3.01. The van der Waals surface area contributed by atoms with Crippen molar-refractivity contribution in [1.82, 2.24) is 0 Å². The lowest BCUT2D eigenvalue weighted by molar-refractivity contribution is 0.101. The molecule has 0 heterocycles. The SMILES string of the molecule is O=Cc1ccccc1C(=O)Nc1ccc(C=O)c(S(=O)(=O)O)c1. The molecule has 0 spiro atoms. The van der Waals surface area contributed by atoms with Crippen molar-refractivity contribution in [2.45, 2.75) is 4.90 Å². The Kier molecular flexibility index (Phi) is 4.68. The van der Waals surface area contributed by atoms with E-state index in [9.17, 15) is 22.8 Å². The van der Waals surface area contributed by atoms with Crippen molar-refractivity contribution >= 4 is 34.3 Å². The minimum absolute atomic E-state index is 0.0499. The second kappa shape index (κ2) is 6.51. The summed E-state index contributed by atoms with van der Waals surface area (Å²) >= 11 is 0. The average Bonchev–Trinajstić information content (AvgIpc) is 2.53. The van der Waals surface area contributed by atoms with Gasteiger partial charge in [-0.15, -0.1) is 0 Å². The molecular formula is C15H11NO6S. The Bertz CT molecular complexity index is 889. The van der Waals surface area contributed by atoms with Gasteiger partial charge in [0.25, 0.3) is 16.0 Å². The standard InChI is InChI=1S/C15H11NO6S/c17-8-10-3-1-2-4-13(10)15(19)16-12-6-5-11(9-18)14(7-12)23(20,21)22/h1-9H,(H,16,19)(H,20,21,22). The van der Waals surface area contributed by atoms with Crippen molar-refractivity contribution in [3.05, 3.63) is 59.2 Å². The number of anilines is 1. The van der Waals surface area contributed by atoms with Crippen LogP contribution in [0.4, 0.5) is 5.69 Å². The predicted molar refractivity (Wildman–Crippen MR) is 81.4 cm³/mol. The van der Waals surface area contributed by atoms with E-state index in [1.165, 1.54) is 18.2 Å². The molecule has 2 aromatic rings. The topological polar surface area (TPSA) is 118 Å². The number of hydrogen-bond donors (Lipinski definition) is 2. The predicted octanol–water partition coefficient (Wildman–Crippen LogP) is 1.81. The fraction of sp³-hybridized carbons (Fsp3) is 0. The van der Waals surface area contributed by atoms with E-state index in [-0.39, 0.29) is 28.7 Å². The number of carbonyl (C=O) groups is 3. The van der Waals surface area contributed by atoms with Gasteiger partial charge >= 0.3 is 0 Å². The highest BCUT2D eigenvalue weighted by Crippen LogP contribution is 2.20. The lowest BCUT2D eigenvalue weighted by atomic mass is 10.1. The van der Waals surface area contributed by atoms with Gasteiger partial charge in [-0.3, -0.25) is 18.9 Å². The van der Waals surface area contributed by atoms with E-state index >= 15 is 0 Å². The van der Waals surface area contributed by atoms with E-state index in [0.717, 1.165) is 12.1 Å². The van der Waals surface area contributed by atoms with Crippen LogP contribution in [-0.4, -0.2) is 31.5 Å². The number of amides is 1. The van der Waals surface area contributed by atoms with E-state index in [2.05, 4.69) is 5.32 Å². The first-order valence-corrected chi connectivity index (χ1v) is 7.73. The number of rotatable bonds is 5. The van der Waals surface area contributed by atoms with Crippen molar-refractivity contribution in [2.75, 3.05) is 5.32 Å². The fourth-order valence-electron chi connectivity index (χ4n) is 1.94. The number of nitrogens with one attached hydrogen (secondary N) is 1. The van der Waals surface area contributed by atoms with Gasteiger partial charge < -0.3 is 5.32 Å². The lowest BCUT2D eigenvalue weighted by Gasteiger charge is -2.09. The van der Waals surface area contributed by atoms with Crippen LogP contribution in [0.5, 0.6) is 0 Å². The molecule has 0 fully saturated rings. The summed E-state index contributed by atoms with van der Waals surface area (Å²) in [7, 11) is -4.62. The number of benzene rings is 2. The zero-order valence-corrected chi connectivity index (χ0v) is 12.4. The van der Waals surface area contributed by atoms with Gasteiger partial charge in [0.1, 0.15) is 4.90 Å². The zero-order chi connectivity index (χ0) is 17.0. The van der Waals surface area contributed by atoms with E-state index in [1.807, 2.05) is 0 Å². The molecule has 0 aromatic heterocycles. The number of aldehydes is 2. The van der Waals surface area contributed by atoms with Crippen molar-refractivity contribution in [3.63, 3.8) is 0 Å². The smallest absolute Gasteiger partial charge is 0.295 e. The van der Waals surface area contributed by atoms with Gasteiger partial charge in [0, 0.05) is 16.8 Å². The molecule has 0 saturated carbocycles. The van der Waals surface area contributed by atoms with Crippen LogP contribution in [0.25, 0.3) is 0 Å². The maximum atomic E-state index is 12.2. The molecule has 2 N–H and O–H groups in total. The third kappa shape index (κ3) is 3.68. The summed E-state index contributed by atoms with van der Waals surface area (Å²) < 4.78 is 31.6. The summed E-state index contributed by atoms with van der Waals surface area (Å²) in [6.45, 7) is 0. The first-order valence-electron chi connectivity index (χ1n) is 6.29. The molecule has 8 heteroatoms. The largest absolute Gasteiger partial charge is 0.322 e. The average molecular weight is 333 g/mol. The molecule has 23 heavy (non-hydrogen) atoms. The van der Waals surface area contributed by atoms with Crippen LogP contribution in [0.3, 0.4) is 0 Å². The first-order chi connectivity index (χ1) is 10.9. The van der Waals surface area contributed by atoms with Gasteiger partial charge in [-0.1, -0.05) is 18.2 Å². The first kappa shape index (κ1) is 16.5. The summed E-state index contributed by atoms with van der Waals surface area (Å²) in [6.07, 6.45) is 0.796. The summed E-state index contributed by atoms with van der Waals surface area (Å²) in [6, 6.07) is 9.47.